The second-order valence-electron chi connectivity index (χ2n) is 7.98. The smallest absolute Gasteiger partial charge is 0.263 e. The maximum Gasteiger partial charge on any atom is 0.263 e. The van der Waals surface area contributed by atoms with E-state index in [0.717, 1.165) is 11.1 Å². The summed E-state index contributed by atoms with van der Waals surface area (Å²) in [6, 6.07) is 24.9. The molecule has 35 heavy (non-hydrogen) atoms. The maximum atomic E-state index is 14.4. The molecular weight excluding hydrogens is 443 g/mol. The van der Waals surface area contributed by atoms with Gasteiger partial charge in [-0.2, -0.15) is 5.26 Å². The first-order valence-corrected chi connectivity index (χ1v) is 11.0. The summed E-state index contributed by atoms with van der Waals surface area (Å²) < 4.78 is 14.4. The second kappa shape index (κ2) is 9.53. The van der Waals surface area contributed by atoms with Gasteiger partial charge in [-0.1, -0.05) is 60.7 Å². The average Bonchev–Trinajstić information content (AvgIpc) is 3.31. The molecule has 5 rings (SSSR count). The predicted molar refractivity (Wildman–Crippen MR) is 133 cm³/mol. The molecule has 0 fully saturated rings. The zero-order valence-electron chi connectivity index (χ0n) is 18.5. The van der Waals surface area contributed by atoms with E-state index in [-0.39, 0.29) is 6.17 Å². The van der Waals surface area contributed by atoms with Crippen molar-refractivity contribution < 1.29 is 9.18 Å². The van der Waals surface area contributed by atoms with E-state index in [1.807, 2.05) is 53.7 Å². The number of nitrogens with one attached hydrogen (secondary N) is 3. The molecule has 3 aromatic rings. The molecule has 0 aromatic heterocycles. The lowest BCUT2D eigenvalue weighted by atomic mass is 10.0. The molecule has 7 nitrogen and oxygen atoms in total. The van der Waals surface area contributed by atoms with Crippen LogP contribution in [-0.2, 0) is 4.79 Å². The Balaban J connectivity index is 1.23. The van der Waals surface area contributed by atoms with Crippen LogP contribution < -0.4 is 16.1 Å². The van der Waals surface area contributed by atoms with Crippen molar-refractivity contribution in [2.24, 2.45) is 4.99 Å². The minimum atomic E-state index is -1.74. The van der Waals surface area contributed by atoms with Crippen molar-refractivity contribution in [3.8, 4) is 6.07 Å². The van der Waals surface area contributed by atoms with E-state index in [0.29, 0.717) is 28.5 Å². The first-order valence-electron chi connectivity index (χ1n) is 11.0. The lowest BCUT2D eigenvalue weighted by molar-refractivity contribution is -0.121. The number of allylic oxidation sites excluding steroid dienone is 2. The third-order valence-electron chi connectivity index (χ3n) is 5.62. The van der Waals surface area contributed by atoms with Gasteiger partial charge in [-0.05, 0) is 47.0 Å². The second-order valence-corrected chi connectivity index (χ2v) is 7.98. The predicted octanol–water partition coefficient (Wildman–Crippen LogP) is 4.73. The minimum Gasteiger partial charge on any atom is -0.324 e. The van der Waals surface area contributed by atoms with Crippen molar-refractivity contribution in [3.63, 3.8) is 0 Å². The van der Waals surface area contributed by atoms with Crippen LogP contribution in [0.3, 0.4) is 0 Å². The van der Waals surface area contributed by atoms with Crippen LogP contribution in [0.2, 0.25) is 0 Å². The van der Waals surface area contributed by atoms with Gasteiger partial charge in [0.05, 0.1) is 11.3 Å². The summed E-state index contributed by atoms with van der Waals surface area (Å²) in [6.45, 7) is 0. The molecule has 0 bridgehead atoms. The van der Waals surface area contributed by atoms with Crippen LogP contribution in [0.15, 0.2) is 102 Å². The van der Waals surface area contributed by atoms with Gasteiger partial charge in [-0.25, -0.2) is 9.38 Å². The fourth-order valence-electron chi connectivity index (χ4n) is 3.81. The summed E-state index contributed by atoms with van der Waals surface area (Å²) in [5.41, 5.74) is 7.10. The number of carbonyl (C=O) groups excluding carboxylic acids is 1. The van der Waals surface area contributed by atoms with Gasteiger partial charge < -0.3 is 10.6 Å². The molecule has 1 amide bonds. The lowest BCUT2D eigenvalue weighted by Gasteiger charge is -2.23. The Labute approximate surface area is 201 Å². The number of hydrazine groups is 1. The van der Waals surface area contributed by atoms with Crippen LogP contribution in [0, 0.1) is 11.3 Å². The average molecular weight is 465 g/mol. The Morgan fingerprint density at radius 1 is 1.06 bits per heavy atom. The van der Waals surface area contributed by atoms with Gasteiger partial charge in [0.25, 0.3) is 5.91 Å². The summed E-state index contributed by atoms with van der Waals surface area (Å²) in [5.74, 6) is -0.169. The number of anilines is 2. The number of para-hydroxylation sites is 1. The van der Waals surface area contributed by atoms with Gasteiger partial charge in [0.1, 0.15) is 6.07 Å². The van der Waals surface area contributed by atoms with E-state index in [1.54, 1.807) is 48.5 Å². The molecule has 2 unspecified atom stereocenters. The van der Waals surface area contributed by atoms with Gasteiger partial charge in [0.15, 0.2) is 6.17 Å². The molecule has 2 aliphatic rings. The Morgan fingerprint density at radius 2 is 1.80 bits per heavy atom. The van der Waals surface area contributed by atoms with Gasteiger partial charge in [-0.15, -0.1) is 0 Å². The van der Waals surface area contributed by atoms with Gasteiger partial charge in [0.2, 0.25) is 12.1 Å². The number of carbonyl (C=O) groups is 1. The van der Waals surface area contributed by atoms with Crippen molar-refractivity contribution >= 4 is 28.8 Å². The molecule has 2 aliphatic heterocycles. The van der Waals surface area contributed by atoms with Gasteiger partial charge in [-0.3, -0.25) is 15.2 Å². The zero-order chi connectivity index (χ0) is 24.2. The molecule has 0 saturated heterocycles. The fraction of sp³-hybridized carbons (Fsp3) is 0.0741. The monoisotopic (exact) mass is 464 g/mol. The first kappa shape index (κ1) is 21.9. The van der Waals surface area contributed by atoms with Gasteiger partial charge >= 0.3 is 0 Å². The van der Waals surface area contributed by atoms with Crippen LogP contribution in [0.4, 0.5) is 15.8 Å². The highest BCUT2D eigenvalue weighted by Crippen LogP contribution is 2.26. The number of nitriles is 1. The van der Waals surface area contributed by atoms with E-state index in [9.17, 15) is 14.4 Å². The summed E-state index contributed by atoms with van der Waals surface area (Å²) >= 11 is 0. The first-order chi connectivity index (χ1) is 17.1. The van der Waals surface area contributed by atoms with Crippen LogP contribution in [0.5, 0.6) is 0 Å². The number of hydrogen-bond acceptors (Lipinski definition) is 6. The fourth-order valence-corrected chi connectivity index (χ4v) is 3.81. The van der Waals surface area contributed by atoms with Crippen molar-refractivity contribution in [2.75, 3.05) is 10.6 Å². The van der Waals surface area contributed by atoms with E-state index < -0.39 is 12.1 Å². The highest BCUT2D eigenvalue weighted by Gasteiger charge is 2.25. The Morgan fingerprint density at radius 3 is 2.57 bits per heavy atom. The van der Waals surface area contributed by atoms with Crippen LogP contribution >= 0.6 is 0 Å². The van der Waals surface area contributed by atoms with Crippen LogP contribution in [-0.4, -0.2) is 23.0 Å². The topological polar surface area (TPSA) is 92.5 Å². The standard InChI is InChI=1S/C27H21FN6O/c28-25(19-6-2-1-3-7-19)26(35)30-22-13-10-18(11-14-22)21-12-15-24-32-27(33-34(24)17-21)31-23-9-5-4-8-20(23)16-29/h1-15,17,24-25H,(H,30,35)(H2,31,32,33). The number of rotatable bonds is 5. The molecule has 2 heterocycles. The number of alkyl halides is 1. The van der Waals surface area contributed by atoms with E-state index in [2.05, 4.69) is 27.1 Å². The molecule has 8 heteroatoms. The zero-order valence-corrected chi connectivity index (χ0v) is 18.5. The van der Waals surface area contributed by atoms with Crippen molar-refractivity contribution in [2.45, 2.75) is 12.3 Å². The minimum absolute atomic E-state index is 0.214. The molecule has 0 spiro atoms. The largest absolute Gasteiger partial charge is 0.324 e. The summed E-state index contributed by atoms with van der Waals surface area (Å²) in [6.07, 6.45) is 3.91. The highest BCUT2D eigenvalue weighted by atomic mass is 19.1. The molecular formula is C27H21FN6O. The molecule has 0 saturated carbocycles. The summed E-state index contributed by atoms with van der Waals surface area (Å²) in [7, 11) is 0. The Hall–Kier alpha value is -4.90. The summed E-state index contributed by atoms with van der Waals surface area (Å²) in [5, 5.41) is 16.9. The number of nitrogens with zero attached hydrogens (tertiary/aromatic N) is 3. The number of hydrogen-bond donors (Lipinski definition) is 3. The normalized spacial score (nSPS) is 16.8. The van der Waals surface area contributed by atoms with E-state index >= 15 is 0 Å². The van der Waals surface area contributed by atoms with Gasteiger partial charge in [0, 0.05) is 11.9 Å². The third-order valence-corrected chi connectivity index (χ3v) is 5.62. The Kier molecular flexibility index (Phi) is 5.97. The van der Waals surface area contributed by atoms with Crippen molar-refractivity contribution in [3.05, 3.63) is 114 Å². The summed E-state index contributed by atoms with van der Waals surface area (Å²) in [4.78, 5) is 16.9. The molecule has 0 radical (unpaired) electrons. The highest BCUT2D eigenvalue weighted by molar-refractivity contribution is 5.96. The SMILES string of the molecule is N#Cc1ccccc1NC1=NC2C=CC(c3ccc(NC(=O)C(F)c4ccccc4)cc3)=CN2N1. The molecule has 0 aliphatic carbocycles. The maximum absolute atomic E-state index is 14.4. The van der Waals surface area contributed by atoms with Crippen molar-refractivity contribution in [1.82, 2.24) is 10.4 Å². The number of amides is 1. The quantitative estimate of drug-likeness (QED) is 0.508. The van der Waals surface area contributed by atoms with E-state index in [1.165, 1.54) is 0 Å². The molecule has 3 N–H and O–H groups in total. The number of guanidine groups is 1. The van der Waals surface area contributed by atoms with Crippen LogP contribution in [0.1, 0.15) is 22.9 Å². The number of halogens is 1. The number of benzene rings is 3. The molecule has 172 valence electrons. The third kappa shape index (κ3) is 4.75. The van der Waals surface area contributed by atoms with Crippen molar-refractivity contribution in [1.29, 1.82) is 5.26 Å². The Bertz CT molecular complexity index is 1370. The molecule has 3 aromatic carbocycles. The number of aliphatic imine (C=N–C) groups is 1. The van der Waals surface area contributed by atoms with E-state index in [4.69, 9.17) is 0 Å². The number of fused-ring (bicyclic) bond motifs is 1. The van der Waals surface area contributed by atoms with Crippen LogP contribution in [0.25, 0.3) is 5.57 Å². The molecule has 2 atom stereocenters. The lowest BCUT2D eigenvalue weighted by Crippen LogP contribution is -2.39.